The van der Waals surface area contributed by atoms with Crippen molar-refractivity contribution in [2.45, 2.75) is 44.9 Å². The van der Waals surface area contributed by atoms with Crippen molar-refractivity contribution in [1.29, 1.82) is 0 Å². The number of carbonyl (C=O) groups excluding carboxylic acids is 1. The molecule has 0 N–H and O–H groups in total. The molecule has 1 heterocycles. The minimum atomic E-state index is 0.449. The van der Waals surface area contributed by atoms with Crippen LogP contribution in [0.1, 0.15) is 60.3 Å². The van der Waals surface area contributed by atoms with E-state index in [4.69, 9.17) is 0 Å². The molecule has 0 saturated heterocycles. The molecular weight excluding hydrogens is 250 g/mol. The van der Waals surface area contributed by atoms with Crippen molar-refractivity contribution in [2.24, 2.45) is 0 Å². The highest BCUT2D eigenvalue weighted by Gasteiger charge is 2.31. The lowest BCUT2D eigenvalue weighted by Gasteiger charge is -2.07. The molecule has 4 nitrogen and oxygen atoms in total. The minimum absolute atomic E-state index is 0.449. The summed E-state index contributed by atoms with van der Waals surface area (Å²) >= 11 is 0. The molecule has 3 rings (SSSR count). The molecule has 2 aromatic rings. The van der Waals surface area contributed by atoms with Crippen molar-refractivity contribution >= 4 is 6.29 Å². The Kier molecular flexibility index (Phi) is 3.63. The van der Waals surface area contributed by atoms with Gasteiger partial charge in [0.2, 0.25) is 0 Å². The molecule has 0 atom stereocenters. The second kappa shape index (κ2) is 5.57. The molecule has 0 bridgehead atoms. The van der Waals surface area contributed by atoms with Gasteiger partial charge in [-0.25, -0.2) is 4.68 Å². The van der Waals surface area contributed by atoms with Gasteiger partial charge in [-0.1, -0.05) is 30.7 Å². The van der Waals surface area contributed by atoms with E-state index in [1.165, 1.54) is 18.4 Å². The molecule has 1 aromatic heterocycles. The van der Waals surface area contributed by atoms with E-state index in [1.54, 1.807) is 0 Å². The summed E-state index contributed by atoms with van der Waals surface area (Å²) < 4.78 is 1.82. The van der Waals surface area contributed by atoms with Crippen molar-refractivity contribution in [2.75, 3.05) is 0 Å². The molecule has 0 amide bonds. The maximum absolute atomic E-state index is 11.1. The Labute approximate surface area is 118 Å². The third-order valence-electron chi connectivity index (χ3n) is 3.81. The Bertz CT molecular complexity index is 597. The molecule has 1 aromatic carbocycles. The van der Waals surface area contributed by atoms with E-state index in [9.17, 15) is 4.79 Å². The first kappa shape index (κ1) is 13.0. The van der Waals surface area contributed by atoms with Crippen molar-refractivity contribution in [3.63, 3.8) is 0 Å². The Morgan fingerprint density at radius 2 is 2.05 bits per heavy atom. The molecule has 0 unspecified atom stereocenters. The predicted molar refractivity (Wildman–Crippen MR) is 77.3 cm³/mol. The van der Waals surface area contributed by atoms with Crippen LogP contribution in [0.3, 0.4) is 0 Å². The number of carbonyl (C=O) groups is 1. The first-order valence-electron chi connectivity index (χ1n) is 7.33. The van der Waals surface area contributed by atoms with Gasteiger partial charge in [-0.05, 0) is 43.4 Å². The minimum Gasteiger partial charge on any atom is -0.296 e. The third kappa shape index (κ3) is 2.50. The summed E-state index contributed by atoms with van der Waals surface area (Å²) in [4.78, 5) is 11.1. The summed E-state index contributed by atoms with van der Waals surface area (Å²) in [5.74, 6) is 0.449. The average molecular weight is 269 g/mol. The number of hydrogen-bond donors (Lipinski definition) is 0. The van der Waals surface area contributed by atoms with Gasteiger partial charge in [-0.2, -0.15) is 0 Å². The number of hydrogen-bond acceptors (Lipinski definition) is 3. The topological polar surface area (TPSA) is 47.8 Å². The fourth-order valence-electron chi connectivity index (χ4n) is 2.50. The number of unbranched alkanes of at least 4 members (excludes halogenated alkanes) is 1. The van der Waals surface area contributed by atoms with Gasteiger partial charge in [-0.15, -0.1) is 5.10 Å². The van der Waals surface area contributed by atoms with Crippen LogP contribution in [0.15, 0.2) is 24.3 Å². The lowest BCUT2D eigenvalue weighted by Crippen LogP contribution is -2.02. The molecular formula is C16H19N3O. The number of benzene rings is 1. The largest absolute Gasteiger partial charge is 0.296 e. The van der Waals surface area contributed by atoms with Crippen LogP contribution in [0.4, 0.5) is 0 Å². The number of nitrogens with zero attached hydrogens (tertiary/aromatic N) is 3. The highest BCUT2D eigenvalue weighted by atomic mass is 16.1. The highest BCUT2D eigenvalue weighted by molar-refractivity contribution is 5.74. The van der Waals surface area contributed by atoms with Crippen LogP contribution in [-0.4, -0.2) is 21.3 Å². The lowest BCUT2D eigenvalue weighted by molar-refractivity contribution is 0.111. The first-order valence-corrected chi connectivity index (χ1v) is 7.33. The average Bonchev–Trinajstić information content (AvgIpc) is 3.24. The van der Waals surface area contributed by atoms with Crippen molar-refractivity contribution < 1.29 is 4.79 Å². The van der Waals surface area contributed by atoms with Gasteiger partial charge >= 0.3 is 0 Å². The van der Waals surface area contributed by atoms with E-state index >= 15 is 0 Å². The molecule has 104 valence electrons. The maximum atomic E-state index is 11.1. The smallest absolute Gasteiger partial charge is 0.172 e. The fraction of sp³-hybridized carbons (Fsp3) is 0.438. The van der Waals surface area contributed by atoms with Crippen LogP contribution in [0.25, 0.3) is 5.69 Å². The summed E-state index contributed by atoms with van der Waals surface area (Å²) in [6.07, 6.45) is 6.60. The monoisotopic (exact) mass is 269 g/mol. The van der Waals surface area contributed by atoms with Gasteiger partial charge in [0, 0.05) is 5.92 Å². The molecule has 0 radical (unpaired) electrons. The second-order valence-corrected chi connectivity index (χ2v) is 5.43. The lowest BCUT2D eigenvalue weighted by atomic mass is 10.1. The van der Waals surface area contributed by atoms with Crippen molar-refractivity contribution in [3.05, 3.63) is 41.2 Å². The van der Waals surface area contributed by atoms with E-state index in [0.29, 0.717) is 11.6 Å². The van der Waals surface area contributed by atoms with E-state index in [1.807, 2.05) is 4.68 Å². The summed E-state index contributed by atoms with van der Waals surface area (Å²) in [5.41, 5.74) is 3.80. The van der Waals surface area contributed by atoms with Crippen LogP contribution in [0.2, 0.25) is 0 Å². The van der Waals surface area contributed by atoms with E-state index in [2.05, 4.69) is 41.5 Å². The van der Waals surface area contributed by atoms with Crippen molar-refractivity contribution in [3.8, 4) is 5.69 Å². The number of aryl methyl sites for hydroxylation is 1. The zero-order chi connectivity index (χ0) is 13.9. The van der Waals surface area contributed by atoms with Crippen LogP contribution < -0.4 is 0 Å². The molecule has 20 heavy (non-hydrogen) atoms. The van der Waals surface area contributed by atoms with Gasteiger partial charge in [0.05, 0.1) is 11.4 Å². The standard InChI is InChI=1S/C16H19N3O/c1-2-3-4-12-5-9-14(10-6-12)19-16(13-7-8-13)15(11-20)17-18-19/h5-6,9-11,13H,2-4,7-8H2,1H3. The van der Waals surface area contributed by atoms with Gasteiger partial charge in [0.1, 0.15) is 5.69 Å². The zero-order valence-corrected chi connectivity index (χ0v) is 11.7. The normalized spacial score (nSPS) is 14.4. The highest BCUT2D eigenvalue weighted by Crippen LogP contribution is 2.41. The SMILES string of the molecule is CCCCc1ccc(-n2nnc(C=O)c2C2CC2)cc1. The Morgan fingerprint density at radius 3 is 2.65 bits per heavy atom. The summed E-state index contributed by atoms with van der Waals surface area (Å²) in [6.45, 7) is 2.20. The van der Waals surface area contributed by atoms with Gasteiger partial charge in [0.15, 0.2) is 6.29 Å². The number of aromatic nitrogens is 3. The molecule has 1 fully saturated rings. The van der Waals surface area contributed by atoms with Crippen LogP contribution in [0.5, 0.6) is 0 Å². The Morgan fingerprint density at radius 1 is 1.30 bits per heavy atom. The van der Waals surface area contributed by atoms with Crippen LogP contribution in [0, 0.1) is 0 Å². The molecule has 1 aliphatic rings. The molecule has 1 aliphatic carbocycles. The number of rotatable bonds is 6. The molecule has 0 aliphatic heterocycles. The Hall–Kier alpha value is -1.97. The third-order valence-corrected chi connectivity index (χ3v) is 3.81. The van der Waals surface area contributed by atoms with E-state index in [0.717, 1.165) is 36.9 Å². The Balaban J connectivity index is 1.89. The second-order valence-electron chi connectivity index (χ2n) is 5.43. The van der Waals surface area contributed by atoms with Gasteiger partial charge in [0.25, 0.3) is 0 Å². The van der Waals surface area contributed by atoms with Gasteiger partial charge in [-0.3, -0.25) is 4.79 Å². The fourth-order valence-corrected chi connectivity index (χ4v) is 2.50. The van der Waals surface area contributed by atoms with E-state index < -0.39 is 0 Å². The zero-order valence-electron chi connectivity index (χ0n) is 11.7. The van der Waals surface area contributed by atoms with Gasteiger partial charge < -0.3 is 0 Å². The maximum Gasteiger partial charge on any atom is 0.172 e. The first-order chi connectivity index (χ1) is 9.83. The number of aldehydes is 1. The van der Waals surface area contributed by atoms with E-state index in [-0.39, 0.29) is 0 Å². The molecule has 0 spiro atoms. The summed E-state index contributed by atoms with van der Waals surface area (Å²) in [6, 6.07) is 8.42. The van der Waals surface area contributed by atoms with Crippen LogP contribution >= 0.6 is 0 Å². The molecule has 1 saturated carbocycles. The summed E-state index contributed by atoms with van der Waals surface area (Å²) in [5, 5.41) is 8.13. The van der Waals surface area contributed by atoms with Crippen LogP contribution in [-0.2, 0) is 6.42 Å². The van der Waals surface area contributed by atoms with Crippen molar-refractivity contribution in [1.82, 2.24) is 15.0 Å². The molecule has 4 heteroatoms. The quantitative estimate of drug-likeness (QED) is 0.756. The summed E-state index contributed by atoms with van der Waals surface area (Å²) in [7, 11) is 0. The predicted octanol–water partition coefficient (Wildman–Crippen LogP) is 3.30.